The summed E-state index contributed by atoms with van der Waals surface area (Å²) in [6.45, 7) is 0.157. The molecular weight excluding hydrogens is 276 g/mol. The molecule has 0 spiro atoms. The fraction of sp³-hybridized carbons (Fsp3) is 0.154. The Morgan fingerprint density at radius 2 is 1.85 bits per heavy atom. The topological polar surface area (TPSA) is 95.7 Å². The predicted octanol–water partition coefficient (Wildman–Crippen LogP) is 1.23. The molecule has 7 heteroatoms. The molecule has 0 amide bonds. The van der Waals surface area contributed by atoms with E-state index in [2.05, 4.69) is 15.3 Å². The van der Waals surface area contributed by atoms with Gasteiger partial charge in [-0.15, -0.1) is 0 Å². The molecule has 1 aromatic heterocycles. The second-order valence-corrected chi connectivity index (χ2v) is 6.03. The molecule has 6 nitrogen and oxygen atoms in total. The second kappa shape index (κ2) is 6.12. The highest BCUT2D eigenvalue weighted by Gasteiger charge is 2.13. The molecule has 0 aliphatic rings. The van der Waals surface area contributed by atoms with E-state index in [0.717, 1.165) is 0 Å². The minimum atomic E-state index is -3.34. The average Bonchev–Trinajstić information content (AvgIpc) is 2.48. The number of nitriles is 1. The van der Waals surface area contributed by atoms with Crippen molar-refractivity contribution in [1.29, 1.82) is 5.26 Å². The van der Waals surface area contributed by atoms with Crippen molar-refractivity contribution in [3.8, 4) is 6.07 Å². The summed E-state index contributed by atoms with van der Waals surface area (Å²) in [7, 11) is -3.34. The van der Waals surface area contributed by atoms with Gasteiger partial charge in [-0.3, -0.25) is 0 Å². The van der Waals surface area contributed by atoms with Crippen LogP contribution in [0.25, 0.3) is 0 Å². The largest absolute Gasteiger partial charge is 0.367 e. The maximum atomic E-state index is 12.0. The molecule has 0 radical (unpaired) electrons. The van der Waals surface area contributed by atoms with Crippen LogP contribution in [0.4, 0.5) is 5.82 Å². The van der Waals surface area contributed by atoms with Crippen LogP contribution in [0.5, 0.6) is 0 Å². The zero-order valence-corrected chi connectivity index (χ0v) is 11.3. The maximum Gasteiger partial charge on any atom is 0.182 e. The van der Waals surface area contributed by atoms with E-state index in [9.17, 15) is 8.42 Å². The molecule has 0 unspecified atom stereocenters. The Labute approximate surface area is 117 Å². The van der Waals surface area contributed by atoms with Crippen LogP contribution in [0.1, 0.15) is 5.69 Å². The number of hydrogen-bond donors (Lipinski definition) is 1. The molecule has 2 aromatic rings. The molecule has 102 valence electrons. The summed E-state index contributed by atoms with van der Waals surface area (Å²) in [5.41, 5.74) is 0.143. The van der Waals surface area contributed by atoms with E-state index in [4.69, 9.17) is 5.26 Å². The van der Waals surface area contributed by atoms with E-state index in [0.29, 0.717) is 5.82 Å². The lowest BCUT2D eigenvalue weighted by Crippen LogP contribution is -2.17. The first kappa shape index (κ1) is 14.0. The van der Waals surface area contributed by atoms with Crippen molar-refractivity contribution in [3.05, 3.63) is 48.4 Å². The van der Waals surface area contributed by atoms with Gasteiger partial charge in [-0.25, -0.2) is 18.4 Å². The van der Waals surface area contributed by atoms with E-state index in [1.807, 2.05) is 6.07 Å². The van der Waals surface area contributed by atoms with Gasteiger partial charge in [-0.05, 0) is 12.1 Å². The highest BCUT2D eigenvalue weighted by molar-refractivity contribution is 7.91. The minimum Gasteiger partial charge on any atom is -0.367 e. The van der Waals surface area contributed by atoms with E-state index >= 15 is 0 Å². The molecule has 0 aliphatic heterocycles. The summed E-state index contributed by atoms with van der Waals surface area (Å²) in [4.78, 5) is 8.06. The van der Waals surface area contributed by atoms with Gasteiger partial charge in [0.15, 0.2) is 21.3 Å². The summed E-state index contributed by atoms with van der Waals surface area (Å²) in [5.74, 6) is 0.205. The van der Waals surface area contributed by atoms with E-state index in [1.165, 1.54) is 12.4 Å². The van der Waals surface area contributed by atoms with Gasteiger partial charge >= 0.3 is 0 Å². The molecule has 2 rings (SSSR count). The molecule has 0 bridgehead atoms. The van der Waals surface area contributed by atoms with Crippen molar-refractivity contribution < 1.29 is 8.42 Å². The lowest BCUT2D eigenvalue weighted by Gasteiger charge is -2.07. The third-order valence-electron chi connectivity index (χ3n) is 2.57. The van der Waals surface area contributed by atoms with Crippen molar-refractivity contribution in [1.82, 2.24) is 9.97 Å². The van der Waals surface area contributed by atoms with Crippen LogP contribution in [-0.2, 0) is 9.84 Å². The quantitative estimate of drug-likeness (QED) is 0.889. The first-order chi connectivity index (χ1) is 9.63. The summed E-state index contributed by atoms with van der Waals surface area (Å²) in [6, 6.07) is 10.1. The van der Waals surface area contributed by atoms with Crippen LogP contribution in [0.3, 0.4) is 0 Å². The van der Waals surface area contributed by atoms with Gasteiger partial charge in [0.2, 0.25) is 0 Å². The Hall–Kier alpha value is -2.46. The van der Waals surface area contributed by atoms with Crippen LogP contribution in [0.2, 0.25) is 0 Å². The minimum absolute atomic E-state index is 0.0849. The Kier molecular flexibility index (Phi) is 4.27. The molecule has 20 heavy (non-hydrogen) atoms. The van der Waals surface area contributed by atoms with E-state index in [1.54, 1.807) is 30.3 Å². The Balaban J connectivity index is 2.02. The van der Waals surface area contributed by atoms with E-state index in [-0.39, 0.29) is 22.9 Å². The van der Waals surface area contributed by atoms with E-state index < -0.39 is 9.84 Å². The van der Waals surface area contributed by atoms with Crippen LogP contribution < -0.4 is 5.32 Å². The zero-order valence-electron chi connectivity index (χ0n) is 10.5. The van der Waals surface area contributed by atoms with Gasteiger partial charge in [0.25, 0.3) is 0 Å². The molecule has 0 saturated carbocycles. The second-order valence-electron chi connectivity index (χ2n) is 3.92. The number of benzene rings is 1. The van der Waals surface area contributed by atoms with Gasteiger partial charge in [-0.2, -0.15) is 5.26 Å². The number of nitrogens with one attached hydrogen (secondary N) is 1. The third kappa shape index (κ3) is 3.30. The van der Waals surface area contributed by atoms with Crippen molar-refractivity contribution in [2.75, 3.05) is 17.6 Å². The smallest absolute Gasteiger partial charge is 0.182 e. The van der Waals surface area contributed by atoms with Crippen LogP contribution in [0, 0.1) is 11.3 Å². The molecule has 1 N–H and O–H groups in total. The Morgan fingerprint density at radius 1 is 1.15 bits per heavy atom. The average molecular weight is 288 g/mol. The molecular formula is C13H12N4O2S. The van der Waals surface area contributed by atoms with Crippen LogP contribution in [0.15, 0.2) is 47.6 Å². The van der Waals surface area contributed by atoms with Crippen molar-refractivity contribution in [2.24, 2.45) is 0 Å². The van der Waals surface area contributed by atoms with Crippen molar-refractivity contribution in [3.63, 3.8) is 0 Å². The van der Waals surface area contributed by atoms with Gasteiger partial charge in [0.05, 0.1) is 10.6 Å². The molecule has 0 saturated heterocycles. The molecule has 1 aromatic carbocycles. The molecule has 1 heterocycles. The van der Waals surface area contributed by atoms with Gasteiger partial charge < -0.3 is 5.32 Å². The summed E-state index contributed by atoms with van der Waals surface area (Å²) < 4.78 is 24.1. The SMILES string of the molecule is N#Cc1nccnc1NCCS(=O)(=O)c1ccccc1. The van der Waals surface area contributed by atoms with Gasteiger partial charge in [0, 0.05) is 18.9 Å². The first-order valence-electron chi connectivity index (χ1n) is 5.86. The molecule has 0 aliphatic carbocycles. The Bertz CT molecular complexity index is 724. The normalized spacial score (nSPS) is 10.8. The van der Waals surface area contributed by atoms with Crippen LogP contribution >= 0.6 is 0 Å². The first-order valence-corrected chi connectivity index (χ1v) is 7.51. The number of aromatic nitrogens is 2. The lowest BCUT2D eigenvalue weighted by molar-refractivity contribution is 0.596. The fourth-order valence-corrected chi connectivity index (χ4v) is 2.78. The number of sulfone groups is 1. The molecule has 0 atom stereocenters. The number of hydrogen-bond acceptors (Lipinski definition) is 6. The number of nitrogens with zero attached hydrogens (tertiary/aromatic N) is 3. The van der Waals surface area contributed by atoms with Crippen molar-refractivity contribution >= 4 is 15.7 Å². The Morgan fingerprint density at radius 3 is 2.55 bits per heavy atom. The number of anilines is 1. The lowest BCUT2D eigenvalue weighted by atomic mass is 10.4. The number of rotatable bonds is 5. The third-order valence-corrected chi connectivity index (χ3v) is 4.30. The fourth-order valence-electron chi connectivity index (χ4n) is 1.60. The highest BCUT2D eigenvalue weighted by atomic mass is 32.2. The van der Waals surface area contributed by atoms with Gasteiger partial charge in [-0.1, -0.05) is 18.2 Å². The zero-order chi connectivity index (χ0) is 14.4. The molecule has 0 fully saturated rings. The summed E-state index contributed by atoms with van der Waals surface area (Å²) in [6.07, 6.45) is 2.85. The van der Waals surface area contributed by atoms with Crippen LogP contribution in [-0.4, -0.2) is 30.7 Å². The maximum absolute atomic E-state index is 12.0. The monoisotopic (exact) mass is 288 g/mol. The predicted molar refractivity (Wildman–Crippen MR) is 73.7 cm³/mol. The van der Waals surface area contributed by atoms with Gasteiger partial charge in [0.1, 0.15) is 6.07 Å². The summed E-state index contributed by atoms with van der Waals surface area (Å²) in [5, 5.41) is 11.7. The highest BCUT2D eigenvalue weighted by Crippen LogP contribution is 2.11. The summed E-state index contributed by atoms with van der Waals surface area (Å²) >= 11 is 0. The van der Waals surface area contributed by atoms with Crippen molar-refractivity contribution in [2.45, 2.75) is 4.90 Å². The standard InChI is InChI=1S/C13H12N4O2S/c14-10-12-13(16-7-6-15-12)17-8-9-20(18,19)11-4-2-1-3-5-11/h1-7H,8-9H2,(H,16,17).